The number of hydrogen-bond donors (Lipinski definition) is 0. The molecular weight excluding hydrogens is 282 g/mol. The van der Waals surface area contributed by atoms with Crippen LogP contribution in [0.2, 0.25) is 0 Å². The molecule has 2 heteroatoms. The van der Waals surface area contributed by atoms with Gasteiger partial charge in [-0.05, 0) is 54.1 Å². The van der Waals surface area contributed by atoms with Crippen LogP contribution >= 0.6 is 0 Å². The first-order valence-corrected chi connectivity index (χ1v) is 8.28. The molecule has 0 atom stereocenters. The molecule has 2 aromatic rings. The molecule has 2 nitrogen and oxygen atoms in total. The summed E-state index contributed by atoms with van der Waals surface area (Å²) in [5.41, 5.74) is 6.91. The third kappa shape index (κ3) is 3.59. The Kier molecular flexibility index (Phi) is 5.04. The van der Waals surface area contributed by atoms with Gasteiger partial charge in [0.1, 0.15) is 6.29 Å². The van der Waals surface area contributed by atoms with E-state index in [9.17, 15) is 4.79 Å². The number of aryl methyl sites for hydroxylation is 2. The van der Waals surface area contributed by atoms with Gasteiger partial charge in [0.2, 0.25) is 0 Å². The molecule has 0 radical (unpaired) electrons. The number of fused-ring (bicyclic) bond motifs is 2. The predicted octanol–water partition coefficient (Wildman–Crippen LogP) is 3.74. The molecule has 0 amide bonds. The van der Waals surface area contributed by atoms with Crippen LogP contribution in [0.5, 0.6) is 0 Å². The minimum atomic E-state index is 0.496. The zero-order valence-corrected chi connectivity index (χ0v) is 13.7. The summed E-state index contributed by atoms with van der Waals surface area (Å²) in [5.74, 6) is 0. The first-order valence-electron chi connectivity index (χ1n) is 8.28. The SMILES string of the molecule is CN(CC=O)CCC=C1c2ccccc2CCc2ccccc21. The van der Waals surface area contributed by atoms with Crippen LogP contribution in [0.4, 0.5) is 0 Å². The van der Waals surface area contributed by atoms with Crippen molar-refractivity contribution in [3.63, 3.8) is 0 Å². The number of carbonyl (C=O) groups is 1. The number of hydrogen-bond acceptors (Lipinski definition) is 2. The molecule has 3 rings (SSSR count). The van der Waals surface area contributed by atoms with Crippen LogP contribution in [0.3, 0.4) is 0 Å². The monoisotopic (exact) mass is 305 g/mol. The molecule has 2 aromatic carbocycles. The maximum Gasteiger partial charge on any atom is 0.133 e. The van der Waals surface area contributed by atoms with Crippen LogP contribution in [0.25, 0.3) is 5.57 Å². The summed E-state index contributed by atoms with van der Waals surface area (Å²) in [6, 6.07) is 17.5. The van der Waals surface area contributed by atoms with E-state index in [0.717, 1.165) is 32.1 Å². The van der Waals surface area contributed by atoms with Gasteiger partial charge in [0.25, 0.3) is 0 Å². The van der Waals surface area contributed by atoms with Crippen LogP contribution in [0, 0.1) is 0 Å². The van der Waals surface area contributed by atoms with Crippen LogP contribution in [-0.4, -0.2) is 31.3 Å². The summed E-state index contributed by atoms with van der Waals surface area (Å²) < 4.78 is 0. The van der Waals surface area contributed by atoms with Crippen molar-refractivity contribution in [3.8, 4) is 0 Å². The number of carbonyl (C=O) groups excluding carboxylic acids is 1. The van der Waals surface area contributed by atoms with Crippen molar-refractivity contribution in [2.24, 2.45) is 0 Å². The van der Waals surface area contributed by atoms with Crippen molar-refractivity contribution in [2.45, 2.75) is 19.3 Å². The Balaban J connectivity index is 1.95. The zero-order valence-electron chi connectivity index (χ0n) is 13.7. The van der Waals surface area contributed by atoms with E-state index in [4.69, 9.17) is 0 Å². The minimum absolute atomic E-state index is 0.496. The highest BCUT2D eigenvalue weighted by Gasteiger charge is 2.16. The van der Waals surface area contributed by atoms with E-state index in [1.807, 2.05) is 7.05 Å². The van der Waals surface area contributed by atoms with Crippen molar-refractivity contribution in [1.82, 2.24) is 4.90 Å². The second kappa shape index (κ2) is 7.38. The lowest BCUT2D eigenvalue weighted by molar-refractivity contribution is -0.108. The molecule has 0 saturated heterocycles. The highest BCUT2D eigenvalue weighted by atomic mass is 16.1. The summed E-state index contributed by atoms with van der Waals surface area (Å²) in [6.45, 7) is 1.39. The number of aldehydes is 1. The Morgan fingerprint density at radius 2 is 1.52 bits per heavy atom. The maximum atomic E-state index is 10.6. The normalized spacial score (nSPS) is 13.2. The van der Waals surface area contributed by atoms with Crippen molar-refractivity contribution in [2.75, 3.05) is 20.1 Å². The first kappa shape index (κ1) is 15.7. The molecule has 0 aliphatic heterocycles. The van der Waals surface area contributed by atoms with Gasteiger partial charge in [0, 0.05) is 6.54 Å². The molecule has 23 heavy (non-hydrogen) atoms. The Bertz CT molecular complexity index is 668. The predicted molar refractivity (Wildman–Crippen MR) is 95.5 cm³/mol. The van der Waals surface area contributed by atoms with Crippen molar-refractivity contribution in [3.05, 3.63) is 76.9 Å². The molecule has 0 spiro atoms. The van der Waals surface area contributed by atoms with Gasteiger partial charge >= 0.3 is 0 Å². The lowest BCUT2D eigenvalue weighted by Gasteiger charge is -2.14. The summed E-state index contributed by atoms with van der Waals surface area (Å²) in [7, 11) is 1.99. The highest BCUT2D eigenvalue weighted by Crippen LogP contribution is 2.33. The van der Waals surface area contributed by atoms with Gasteiger partial charge in [-0.15, -0.1) is 0 Å². The molecule has 1 aliphatic carbocycles. The fraction of sp³-hybridized carbons (Fsp3) is 0.286. The summed E-state index contributed by atoms with van der Waals surface area (Å²) in [5, 5.41) is 0. The van der Waals surface area contributed by atoms with Crippen LogP contribution < -0.4 is 0 Å². The van der Waals surface area contributed by atoms with Gasteiger partial charge in [-0.3, -0.25) is 4.90 Å². The molecule has 1 aliphatic rings. The van der Waals surface area contributed by atoms with Crippen molar-refractivity contribution < 1.29 is 4.79 Å². The molecule has 0 fully saturated rings. The fourth-order valence-corrected chi connectivity index (χ4v) is 3.28. The van der Waals surface area contributed by atoms with Crippen LogP contribution in [0.1, 0.15) is 28.7 Å². The van der Waals surface area contributed by atoms with Crippen LogP contribution in [-0.2, 0) is 17.6 Å². The quantitative estimate of drug-likeness (QED) is 0.784. The minimum Gasteiger partial charge on any atom is -0.302 e. The Morgan fingerprint density at radius 1 is 0.957 bits per heavy atom. The Labute approximate surface area is 138 Å². The lowest BCUT2D eigenvalue weighted by Crippen LogP contribution is -2.21. The van der Waals surface area contributed by atoms with E-state index in [0.29, 0.717) is 6.54 Å². The first-order chi connectivity index (χ1) is 11.3. The van der Waals surface area contributed by atoms with Gasteiger partial charge in [-0.25, -0.2) is 0 Å². The topological polar surface area (TPSA) is 20.3 Å². The average Bonchev–Trinajstić information content (AvgIpc) is 2.73. The number of nitrogens with zero attached hydrogens (tertiary/aromatic N) is 1. The van der Waals surface area contributed by atoms with E-state index in [-0.39, 0.29) is 0 Å². The van der Waals surface area contributed by atoms with Crippen molar-refractivity contribution in [1.29, 1.82) is 0 Å². The largest absolute Gasteiger partial charge is 0.302 e. The van der Waals surface area contributed by atoms with Gasteiger partial charge in [0.05, 0.1) is 6.54 Å². The van der Waals surface area contributed by atoms with Gasteiger partial charge in [-0.2, -0.15) is 0 Å². The fourth-order valence-electron chi connectivity index (χ4n) is 3.28. The molecule has 0 saturated carbocycles. The standard InChI is InChI=1S/C21H23NO/c1-22(15-16-23)14-6-11-21-19-9-4-2-7-17(19)12-13-18-8-3-5-10-20(18)21/h2-5,7-11,16H,6,12-15H2,1H3. The van der Waals surface area contributed by atoms with Gasteiger partial charge in [0.15, 0.2) is 0 Å². The molecular formula is C21H23NO. The summed E-state index contributed by atoms with van der Waals surface area (Å²) in [4.78, 5) is 12.6. The Morgan fingerprint density at radius 3 is 2.09 bits per heavy atom. The van der Waals surface area contributed by atoms with E-state index < -0.39 is 0 Å². The Hall–Kier alpha value is -2.19. The van der Waals surface area contributed by atoms with E-state index in [2.05, 4.69) is 59.5 Å². The summed E-state index contributed by atoms with van der Waals surface area (Å²) in [6.07, 6.45) is 6.43. The molecule has 0 bridgehead atoms. The smallest absolute Gasteiger partial charge is 0.133 e. The number of rotatable bonds is 5. The third-order valence-corrected chi connectivity index (χ3v) is 4.52. The molecule has 0 N–H and O–H groups in total. The van der Waals surface area contributed by atoms with E-state index in [1.54, 1.807) is 0 Å². The number of benzene rings is 2. The van der Waals surface area contributed by atoms with Crippen LogP contribution in [0.15, 0.2) is 54.6 Å². The average molecular weight is 305 g/mol. The molecule has 118 valence electrons. The number of likely N-dealkylation sites (N-methyl/N-ethyl adjacent to an activating group) is 1. The highest BCUT2D eigenvalue weighted by molar-refractivity contribution is 5.83. The second-order valence-electron chi connectivity index (χ2n) is 6.15. The van der Waals surface area contributed by atoms with E-state index >= 15 is 0 Å². The van der Waals surface area contributed by atoms with Gasteiger partial charge in [-0.1, -0.05) is 54.6 Å². The van der Waals surface area contributed by atoms with Gasteiger partial charge < -0.3 is 4.79 Å². The molecule has 0 aromatic heterocycles. The third-order valence-electron chi connectivity index (χ3n) is 4.52. The molecule has 0 unspecified atom stereocenters. The lowest BCUT2D eigenvalue weighted by atomic mass is 9.93. The zero-order chi connectivity index (χ0) is 16.1. The second-order valence-corrected chi connectivity index (χ2v) is 6.15. The van der Waals surface area contributed by atoms with E-state index in [1.165, 1.54) is 27.8 Å². The molecule has 0 heterocycles. The maximum absolute atomic E-state index is 10.6. The summed E-state index contributed by atoms with van der Waals surface area (Å²) >= 11 is 0. The van der Waals surface area contributed by atoms with Crippen molar-refractivity contribution >= 4 is 11.9 Å².